The summed E-state index contributed by atoms with van der Waals surface area (Å²) < 4.78 is 2.98. The molecule has 80 valence electrons. The van der Waals surface area contributed by atoms with Gasteiger partial charge in [-0.2, -0.15) is 5.26 Å². The van der Waals surface area contributed by atoms with Gasteiger partial charge in [-0.1, -0.05) is 19.4 Å². The number of allylic oxidation sites excluding steroid dienone is 1. The SMILES string of the molecule is C=CCn1c(CCCC)nc(C#N)c1I. The Morgan fingerprint density at radius 2 is 2.40 bits per heavy atom. The molecule has 0 N–H and O–H groups in total. The quantitative estimate of drug-likeness (QED) is 0.619. The van der Waals surface area contributed by atoms with Gasteiger partial charge in [0.25, 0.3) is 0 Å². The zero-order chi connectivity index (χ0) is 11.3. The van der Waals surface area contributed by atoms with E-state index in [0.717, 1.165) is 35.3 Å². The number of aryl methyl sites for hydroxylation is 1. The summed E-state index contributed by atoms with van der Waals surface area (Å²) in [5.41, 5.74) is 0.531. The molecule has 0 fully saturated rings. The van der Waals surface area contributed by atoms with Crippen LogP contribution in [0.25, 0.3) is 0 Å². The largest absolute Gasteiger partial charge is 0.318 e. The maximum absolute atomic E-state index is 8.89. The van der Waals surface area contributed by atoms with E-state index in [9.17, 15) is 0 Å². The predicted octanol–water partition coefficient (Wildman–Crippen LogP) is 2.89. The minimum Gasteiger partial charge on any atom is -0.318 e. The van der Waals surface area contributed by atoms with Crippen LogP contribution in [0.15, 0.2) is 12.7 Å². The van der Waals surface area contributed by atoms with E-state index in [1.54, 1.807) is 0 Å². The fraction of sp³-hybridized carbons (Fsp3) is 0.455. The van der Waals surface area contributed by atoms with E-state index in [2.05, 4.69) is 51.7 Å². The first-order valence-electron chi connectivity index (χ1n) is 5.00. The van der Waals surface area contributed by atoms with E-state index in [1.807, 2.05) is 6.08 Å². The summed E-state index contributed by atoms with van der Waals surface area (Å²) >= 11 is 2.17. The van der Waals surface area contributed by atoms with Crippen LogP contribution in [0.4, 0.5) is 0 Å². The van der Waals surface area contributed by atoms with Gasteiger partial charge in [-0.3, -0.25) is 0 Å². The van der Waals surface area contributed by atoms with Crippen molar-refractivity contribution in [3.63, 3.8) is 0 Å². The van der Waals surface area contributed by atoms with Gasteiger partial charge < -0.3 is 4.57 Å². The van der Waals surface area contributed by atoms with Crippen molar-refractivity contribution in [2.24, 2.45) is 0 Å². The highest BCUT2D eigenvalue weighted by Crippen LogP contribution is 2.16. The molecule has 4 heteroatoms. The summed E-state index contributed by atoms with van der Waals surface area (Å²) in [6, 6.07) is 2.12. The standard InChI is InChI=1S/C11H14IN3/c1-3-5-6-10-14-9(8-13)11(12)15(10)7-4-2/h4H,2-3,5-7H2,1H3. The average Bonchev–Trinajstić information content (AvgIpc) is 2.54. The normalized spacial score (nSPS) is 9.93. The average molecular weight is 315 g/mol. The molecule has 0 atom stereocenters. The molecule has 0 aliphatic heterocycles. The van der Waals surface area contributed by atoms with Gasteiger partial charge in [-0.05, 0) is 29.0 Å². The van der Waals surface area contributed by atoms with Crippen molar-refractivity contribution in [1.82, 2.24) is 9.55 Å². The van der Waals surface area contributed by atoms with Crippen LogP contribution in [0.3, 0.4) is 0 Å². The lowest BCUT2D eigenvalue weighted by Crippen LogP contribution is -2.04. The van der Waals surface area contributed by atoms with Crippen LogP contribution in [-0.4, -0.2) is 9.55 Å². The Hall–Kier alpha value is -0.830. The fourth-order valence-electron chi connectivity index (χ4n) is 1.39. The first kappa shape index (κ1) is 12.2. The van der Waals surface area contributed by atoms with Gasteiger partial charge in [0.1, 0.15) is 15.6 Å². The second-order valence-corrected chi connectivity index (χ2v) is 4.30. The molecule has 3 nitrogen and oxygen atoms in total. The van der Waals surface area contributed by atoms with E-state index < -0.39 is 0 Å². The molecule has 1 heterocycles. The molecule has 1 aromatic heterocycles. The number of hydrogen-bond acceptors (Lipinski definition) is 2. The lowest BCUT2D eigenvalue weighted by molar-refractivity contribution is 0.678. The van der Waals surface area contributed by atoms with Crippen molar-refractivity contribution < 1.29 is 0 Å². The molecular formula is C11H14IN3. The lowest BCUT2D eigenvalue weighted by Gasteiger charge is -2.05. The predicted molar refractivity (Wildman–Crippen MR) is 68.5 cm³/mol. The van der Waals surface area contributed by atoms with Crippen LogP contribution < -0.4 is 0 Å². The molecule has 0 unspecified atom stereocenters. The Kier molecular flexibility index (Phi) is 4.82. The maximum Gasteiger partial charge on any atom is 0.172 e. The van der Waals surface area contributed by atoms with Crippen LogP contribution in [0.1, 0.15) is 31.3 Å². The maximum atomic E-state index is 8.89. The van der Waals surface area contributed by atoms with Crippen molar-refractivity contribution in [2.75, 3.05) is 0 Å². The van der Waals surface area contributed by atoms with Gasteiger partial charge in [0.05, 0.1) is 0 Å². The van der Waals surface area contributed by atoms with Crippen molar-refractivity contribution in [3.05, 3.63) is 27.9 Å². The Balaban J connectivity index is 3.02. The first-order chi connectivity index (χ1) is 7.24. The van der Waals surface area contributed by atoms with Crippen molar-refractivity contribution in [2.45, 2.75) is 32.7 Å². The van der Waals surface area contributed by atoms with E-state index in [4.69, 9.17) is 5.26 Å². The van der Waals surface area contributed by atoms with Crippen LogP contribution in [0.5, 0.6) is 0 Å². The Morgan fingerprint density at radius 1 is 1.67 bits per heavy atom. The van der Waals surface area contributed by atoms with Crippen LogP contribution in [0.2, 0.25) is 0 Å². The smallest absolute Gasteiger partial charge is 0.172 e. The summed E-state index contributed by atoms with van der Waals surface area (Å²) in [5.74, 6) is 0.998. The number of nitrogens with zero attached hydrogens (tertiary/aromatic N) is 3. The molecule has 0 spiro atoms. The van der Waals surface area contributed by atoms with Gasteiger partial charge >= 0.3 is 0 Å². The summed E-state index contributed by atoms with van der Waals surface area (Å²) in [4.78, 5) is 4.33. The molecule has 0 saturated heterocycles. The molecule has 1 rings (SSSR count). The monoisotopic (exact) mass is 315 g/mol. The summed E-state index contributed by atoms with van der Waals surface area (Å²) in [6.45, 7) is 6.60. The van der Waals surface area contributed by atoms with E-state index in [1.165, 1.54) is 0 Å². The van der Waals surface area contributed by atoms with E-state index in [-0.39, 0.29) is 0 Å². The second-order valence-electron chi connectivity index (χ2n) is 3.28. The molecule has 0 saturated carbocycles. The number of unbranched alkanes of at least 4 members (excludes halogenated alkanes) is 1. The number of imidazole rings is 1. The molecule has 0 aliphatic rings. The molecule has 0 aliphatic carbocycles. The number of nitriles is 1. The minimum atomic E-state index is 0.531. The van der Waals surface area contributed by atoms with Gasteiger partial charge in [-0.15, -0.1) is 6.58 Å². The number of aromatic nitrogens is 2. The van der Waals surface area contributed by atoms with Crippen molar-refractivity contribution in [1.29, 1.82) is 5.26 Å². The third-order valence-electron chi connectivity index (χ3n) is 2.16. The van der Waals surface area contributed by atoms with Crippen LogP contribution in [-0.2, 0) is 13.0 Å². The third-order valence-corrected chi connectivity index (χ3v) is 3.25. The van der Waals surface area contributed by atoms with E-state index >= 15 is 0 Å². The summed E-state index contributed by atoms with van der Waals surface area (Å²) in [5, 5.41) is 8.89. The highest BCUT2D eigenvalue weighted by Gasteiger charge is 2.12. The summed E-state index contributed by atoms with van der Waals surface area (Å²) in [7, 11) is 0. The number of hydrogen-bond donors (Lipinski definition) is 0. The highest BCUT2D eigenvalue weighted by atomic mass is 127. The minimum absolute atomic E-state index is 0.531. The zero-order valence-electron chi connectivity index (χ0n) is 8.83. The summed E-state index contributed by atoms with van der Waals surface area (Å²) in [6.07, 6.45) is 5.01. The first-order valence-corrected chi connectivity index (χ1v) is 6.08. The Bertz CT molecular complexity index is 387. The fourth-order valence-corrected chi connectivity index (χ4v) is 2.10. The number of rotatable bonds is 5. The van der Waals surface area contributed by atoms with Crippen LogP contribution >= 0.6 is 22.6 Å². The van der Waals surface area contributed by atoms with Gasteiger partial charge in [0.15, 0.2) is 5.69 Å². The molecule has 0 radical (unpaired) electrons. The third kappa shape index (κ3) is 2.81. The molecule has 1 aromatic rings. The number of halogens is 1. The second kappa shape index (κ2) is 5.91. The molecule has 0 aromatic carbocycles. The van der Waals surface area contributed by atoms with Gasteiger partial charge in [0, 0.05) is 13.0 Å². The molecule has 0 amide bonds. The van der Waals surface area contributed by atoms with Gasteiger partial charge in [0.2, 0.25) is 0 Å². The topological polar surface area (TPSA) is 41.6 Å². The molecule has 0 bridgehead atoms. The Labute approximate surface area is 104 Å². The molecular weight excluding hydrogens is 301 g/mol. The van der Waals surface area contributed by atoms with Crippen LogP contribution in [0, 0.1) is 15.0 Å². The molecule has 15 heavy (non-hydrogen) atoms. The lowest BCUT2D eigenvalue weighted by atomic mass is 10.2. The van der Waals surface area contributed by atoms with E-state index in [0.29, 0.717) is 5.69 Å². The van der Waals surface area contributed by atoms with Crippen molar-refractivity contribution >= 4 is 22.6 Å². The highest BCUT2D eigenvalue weighted by molar-refractivity contribution is 14.1. The van der Waals surface area contributed by atoms with Gasteiger partial charge in [-0.25, -0.2) is 4.98 Å². The zero-order valence-corrected chi connectivity index (χ0v) is 11.0. The van der Waals surface area contributed by atoms with Crippen molar-refractivity contribution in [3.8, 4) is 6.07 Å². The Morgan fingerprint density at radius 3 is 2.93 bits per heavy atom.